The zero-order valence-corrected chi connectivity index (χ0v) is 25.4. The van der Waals surface area contributed by atoms with Crippen molar-refractivity contribution < 1.29 is 15.0 Å². The second-order valence-corrected chi connectivity index (χ2v) is 12.1. The maximum Gasteiger partial charge on any atom is 0.251 e. The topological polar surface area (TPSA) is 91.3 Å². The lowest BCUT2D eigenvalue weighted by atomic mass is 10.00. The van der Waals surface area contributed by atoms with Gasteiger partial charge in [0.25, 0.3) is 5.91 Å². The Labute approximate surface area is 256 Å². The van der Waals surface area contributed by atoms with Crippen LogP contribution in [-0.2, 0) is 19.5 Å². The molecule has 8 nitrogen and oxygen atoms in total. The number of phenolic OH excluding ortho intramolecular Hbond substituents is 1. The van der Waals surface area contributed by atoms with Gasteiger partial charge < -0.3 is 30.6 Å². The number of hydrogen-bond donors (Lipinski definition) is 4. The maximum absolute atomic E-state index is 13.3. The Bertz CT molecular complexity index is 1290. The number of nitrogens with zero attached hydrogens (tertiary/aromatic N) is 3. The fourth-order valence-electron chi connectivity index (χ4n) is 6.03. The van der Waals surface area contributed by atoms with Crippen molar-refractivity contribution in [2.45, 2.75) is 50.9 Å². The molecule has 0 bridgehead atoms. The van der Waals surface area contributed by atoms with Gasteiger partial charge in [0.15, 0.2) is 0 Å². The molecule has 2 aliphatic heterocycles. The Hall–Kier alpha value is -3.43. The molecule has 1 amide bonds. The van der Waals surface area contributed by atoms with E-state index >= 15 is 0 Å². The molecule has 3 aromatic rings. The zero-order valence-electron chi connectivity index (χ0n) is 25.4. The molecule has 0 unspecified atom stereocenters. The first-order valence-corrected chi connectivity index (χ1v) is 15.7. The van der Waals surface area contributed by atoms with Crippen LogP contribution in [0.4, 0.5) is 5.69 Å². The number of piperazine rings is 1. The first-order valence-electron chi connectivity index (χ1n) is 15.7. The SMILES string of the molecule is CN1CCN(c2ccc(C(=O)N[C@@H](Cc3ccccc3)[C@H](O)CNCc3ccc(O)c(CN4CCCCC4)c3)cc2)CC1. The van der Waals surface area contributed by atoms with Crippen LogP contribution in [0.25, 0.3) is 0 Å². The Morgan fingerprint density at radius 3 is 2.30 bits per heavy atom. The molecule has 0 aliphatic carbocycles. The minimum absolute atomic E-state index is 0.189. The first-order chi connectivity index (χ1) is 20.9. The predicted octanol–water partition coefficient (Wildman–Crippen LogP) is 3.62. The number of benzene rings is 3. The molecule has 4 N–H and O–H groups in total. The highest BCUT2D eigenvalue weighted by molar-refractivity contribution is 5.94. The van der Waals surface area contributed by atoms with Crippen molar-refractivity contribution in [3.8, 4) is 5.75 Å². The molecule has 0 saturated carbocycles. The maximum atomic E-state index is 13.3. The van der Waals surface area contributed by atoms with Crippen LogP contribution in [0.1, 0.15) is 46.3 Å². The smallest absolute Gasteiger partial charge is 0.251 e. The van der Waals surface area contributed by atoms with Crippen molar-refractivity contribution in [1.82, 2.24) is 20.4 Å². The molecule has 0 radical (unpaired) electrons. The molecule has 43 heavy (non-hydrogen) atoms. The number of carbonyl (C=O) groups excluding carboxylic acids is 1. The number of likely N-dealkylation sites (N-methyl/N-ethyl adjacent to an activating group) is 1. The molecule has 2 aliphatic rings. The number of nitrogens with one attached hydrogen (secondary N) is 2. The van der Waals surface area contributed by atoms with Gasteiger partial charge in [0.1, 0.15) is 5.75 Å². The van der Waals surface area contributed by atoms with E-state index in [0.717, 1.165) is 68.2 Å². The van der Waals surface area contributed by atoms with E-state index < -0.39 is 12.1 Å². The minimum Gasteiger partial charge on any atom is -0.508 e. The summed E-state index contributed by atoms with van der Waals surface area (Å²) in [5.41, 5.74) is 4.76. The van der Waals surface area contributed by atoms with Gasteiger partial charge in [-0.05, 0) is 86.9 Å². The Kier molecular flexibility index (Phi) is 11.1. The van der Waals surface area contributed by atoms with Crippen LogP contribution in [0.5, 0.6) is 5.75 Å². The number of anilines is 1. The van der Waals surface area contributed by atoms with Gasteiger partial charge in [-0.2, -0.15) is 0 Å². The lowest BCUT2D eigenvalue weighted by Crippen LogP contribution is -2.48. The number of piperidine rings is 1. The Morgan fingerprint density at radius 1 is 0.860 bits per heavy atom. The van der Waals surface area contributed by atoms with E-state index in [4.69, 9.17) is 0 Å². The number of hydrogen-bond acceptors (Lipinski definition) is 7. The molecule has 230 valence electrons. The summed E-state index contributed by atoms with van der Waals surface area (Å²) >= 11 is 0. The molecule has 2 saturated heterocycles. The summed E-state index contributed by atoms with van der Waals surface area (Å²) in [5.74, 6) is 0.141. The number of phenols is 1. The summed E-state index contributed by atoms with van der Waals surface area (Å²) in [6.07, 6.45) is 3.43. The molecule has 0 spiro atoms. The first kappa shape index (κ1) is 31.0. The van der Waals surface area contributed by atoms with Crippen LogP contribution in [0.3, 0.4) is 0 Å². The van der Waals surface area contributed by atoms with Gasteiger partial charge in [-0.15, -0.1) is 0 Å². The van der Waals surface area contributed by atoms with Gasteiger partial charge >= 0.3 is 0 Å². The summed E-state index contributed by atoms with van der Waals surface area (Å²) in [7, 11) is 2.14. The minimum atomic E-state index is -0.793. The fraction of sp³-hybridized carbons (Fsp3) is 0.457. The van der Waals surface area contributed by atoms with Crippen LogP contribution in [0.15, 0.2) is 72.8 Å². The summed E-state index contributed by atoms with van der Waals surface area (Å²) in [4.78, 5) is 20.4. The highest BCUT2D eigenvalue weighted by atomic mass is 16.3. The van der Waals surface area contributed by atoms with E-state index in [0.29, 0.717) is 30.8 Å². The van der Waals surface area contributed by atoms with Crippen molar-refractivity contribution in [2.75, 3.05) is 57.8 Å². The van der Waals surface area contributed by atoms with Gasteiger partial charge in [0.2, 0.25) is 0 Å². The number of aromatic hydroxyl groups is 1. The number of carbonyl (C=O) groups is 1. The highest BCUT2D eigenvalue weighted by Gasteiger charge is 2.23. The fourth-order valence-corrected chi connectivity index (χ4v) is 6.03. The summed E-state index contributed by atoms with van der Waals surface area (Å²) in [5, 5.41) is 28.2. The summed E-state index contributed by atoms with van der Waals surface area (Å²) in [6.45, 7) is 7.79. The van der Waals surface area contributed by atoms with Gasteiger partial charge in [0, 0.05) is 62.6 Å². The lowest BCUT2D eigenvalue weighted by Gasteiger charge is -2.34. The number of aliphatic hydroxyl groups is 1. The molecule has 3 aromatic carbocycles. The monoisotopic (exact) mass is 585 g/mol. The number of rotatable bonds is 12. The van der Waals surface area contributed by atoms with Gasteiger partial charge in [-0.1, -0.05) is 42.8 Å². The molecular weight excluding hydrogens is 538 g/mol. The van der Waals surface area contributed by atoms with Gasteiger partial charge in [-0.25, -0.2) is 0 Å². The average molecular weight is 586 g/mol. The average Bonchev–Trinajstić information content (AvgIpc) is 3.03. The number of amides is 1. The third-order valence-electron chi connectivity index (χ3n) is 8.75. The van der Waals surface area contributed by atoms with Crippen LogP contribution >= 0.6 is 0 Å². The van der Waals surface area contributed by atoms with Crippen LogP contribution < -0.4 is 15.5 Å². The zero-order chi connectivity index (χ0) is 30.0. The quantitative estimate of drug-likeness (QED) is 0.258. The standard InChI is InChI=1S/C35H47N5O3/c1-38-18-20-40(21-19-38)31-13-11-29(12-14-31)35(43)37-32(23-27-8-4-2-5-9-27)34(42)25-36-24-28-10-15-33(41)30(22-28)26-39-16-6-3-7-17-39/h2,4-5,8-15,22,32,34,36,41-42H,3,6-7,16-21,23-26H2,1H3,(H,37,43)/t32-,34+/m0/s1. The summed E-state index contributed by atoms with van der Waals surface area (Å²) < 4.78 is 0. The molecule has 8 heteroatoms. The molecule has 2 heterocycles. The van der Waals surface area contributed by atoms with E-state index in [-0.39, 0.29) is 5.91 Å². The summed E-state index contributed by atoms with van der Waals surface area (Å²) in [6, 6.07) is 23.0. The Balaban J connectivity index is 1.18. The molecular formula is C35H47N5O3. The molecule has 2 fully saturated rings. The van der Waals surface area contributed by atoms with Crippen molar-refractivity contribution in [3.05, 3.63) is 95.1 Å². The highest BCUT2D eigenvalue weighted by Crippen LogP contribution is 2.22. The van der Waals surface area contributed by atoms with Crippen LogP contribution in [-0.4, -0.2) is 90.9 Å². The van der Waals surface area contributed by atoms with Crippen LogP contribution in [0, 0.1) is 0 Å². The predicted molar refractivity (Wildman–Crippen MR) is 173 cm³/mol. The molecule has 0 aromatic heterocycles. The molecule has 2 atom stereocenters. The second kappa shape index (κ2) is 15.3. The van der Waals surface area contributed by atoms with Crippen molar-refractivity contribution in [3.63, 3.8) is 0 Å². The van der Waals surface area contributed by atoms with E-state index in [2.05, 4.69) is 38.4 Å². The van der Waals surface area contributed by atoms with Crippen molar-refractivity contribution >= 4 is 11.6 Å². The van der Waals surface area contributed by atoms with Crippen LogP contribution in [0.2, 0.25) is 0 Å². The lowest BCUT2D eigenvalue weighted by molar-refractivity contribution is 0.0830. The van der Waals surface area contributed by atoms with Gasteiger partial charge in [-0.3, -0.25) is 9.69 Å². The van der Waals surface area contributed by atoms with Gasteiger partial charge in [0.05, 0.1) is 12.1 Å². The largest absolute Gasteiger partial charge is 0.508 e. The third kappa shape index (κ3) is 9.03. The normalized spacial score (nSPS) is 17.9. The number of aliphatic hydroxyl groups excluding tert-OH is 1. The second-order valence-electron chi connectivity index (χ2n) is 12.1. The Morgan fingerprint density at radius 2 is 1.58 bits per heavy atom. The van der Waals surface area contributed by atoms with E-state index in [1.807, 2.05) is 60.7 Å². The van der Waals surface area contributed by atoms with Crippen molar-refractivity contribution in [1.29, 1.82) is 0 Å². The molecule has 5 rings (SSSR count). The number of likely N-dealkylation sites (tertiary alicyclic amines) is 1. The van der Waals surface area contributed by atoms with E-state index in [1.54, 1.807) is 6.07 Å². The van der Waals surface area contributed by atoms with E-state index in [1.165, 1.54) is 19.3 Å². The van der Waals surface area contributed by atoms with E-state index in [9.17, 15) is 15.0 Å². The van der Waals surface area contributed by atoms with Crippen molar-refractivity contribution in [2.24, 2.45) is 0 Å². The third-order valence-corrected chi connectivity index (χ3v) is 8.75.